The van der Waals surface area contributed by atoms with E-state index in [1.54, 1.807) is 13.8 Å². The predicted octanol–water partition coefficient (Wildman–Crippen LogP) is 3.67. The van der Waals surface area contributed by atoms with E-state index in [2.05, 4.69) is 18.8 Å². The smallest absolute Gasteiger partial charge is 0.289 e. The Morgan fingerprint density at radius 1 is 1.18 bits per heavy atom. The number of rotatable bonds is 12. The van der Waals surface area contributed by atoms with Crippen molar-refractivity contribution >= 4 is 16.0 Å². The van der Waals surface area contributed by atoms with Crippen LogP contribution in [0.4, 0.5) is 0 Å². The van der Waals surface area contributed by atoms with E-state index < -0.39 is 26.8 Å². The zero-order valence-electron chi connectivity index (χ0n) is 14.1. The Morgan fingerprint density at radius 2 is 1.68 bits per heavy atom. The Labute approximate surface area is 135 Å². The maximum absolute atomic E-state index is 11.9. The Hall–Kier alpha value is -0.880. The molecule has 0 saturated carbocycles. The molecule has 0 heterocycles. The van der Waals surface area contributed by atoms with Gasteiger partial charge >= 0.3 is 0 Å². The molecule has 2 N–H and O–H groups in total. The molecule has 0 aliphatic rings. The van der Waals surface area contributed by atoms with Crippen LogP contribution in [-0.4, -0.2) is 23.7 Å². The number of hydrogen-bond acceptors (Lipinski definition) is 3. The maximum atomic E-state index is 11.9. The molecule has 0 aromatic rings. The van der Waals surface area contributed by atoms with Gasteiger partial charge in [0.1, 0.15) is 0 Å². The summed E-state index contributed by atoms with van der Waals surface area (Å²) in [5.41, 5.74) is 0. The molecule has 0 rings (SSSR count). The van der Waals surface area contributed by atoms with Crippen LogP contribution in [-0.2, 0) is 14.9 Å². The second-order valence-corrected chi connectivity index (χ2v) is 7.76. The van der Waals surface area contributed by atoms with Gasteiger partial charge in [0.2, 0.25) is 5.91 Å². The molecular formula is C16H31NO4S. The maximum Gasteiger partial charge on any atom is 0.289 e. The molecule has 0 aromatic carbocycles. The standard InChI is InChI=1S/C16H31NO4S/c1-5-7-8-9-10-11-12-13-16(14(3)4,22(19,20)21)17-15(18)6-2/h6,14H,2,5,7-13H2,1,3-4H3,(H,17,18)(H,19,20,21). The Morgan fingerprint density at radius 3 is 2.09 bits per heavy atom. The van der Waals surface area contributed by atoms with Crippen molar-refractivity contribution in [1.29, 1.82) is 0 Å². The summed E-state index contributed by atoms with van der Waals surface area (Å²) in [4.78, 5) is 9.94. The van der Waals surface area contributed by atoms with Gasteiger partial charge in [-0.25, -0.2) is 0 Å². The average molecular weight is 333 g/mol. The molecule has 6 heteroatoms. The van der Waals surface area contributed by atoms with Gasteiger partial charge in [-0.1, -0.05) is 65.9 Å². The van der Waals surface area contributed by atoms with Gasteiger partial charge in [0.15, 0.2) is 4.87 Å². The van der Waals surface area contributed by atoms with Crippen molar-refractivity contribution in [2.45, 2.75) is 77.0 Å². The molecule has 1 unspecified atom stereocenters. The highest BCUT2D eigenvalue weighted by Crippen LogP contribution is 2.30. The van der Waals surface area contributed by atoms with E-state index in [0.29, 0.717) is 6.42 Å². The minimum Gasteiger partial charge on any atom is -0.331 e. The van der Waals surface area contributed by atoms with Gasteiger partial charge < -0.3 is 5.32 Å². The van der Waals surface area contributed by atoms with Gasteiger partial charge in [0, 0.05) is 0 Å². The predicted molar refractivity (Wildman–Crippen MR) is 90.1 cm³/mol. The third-order valence-electron chi connectivity index (χ3n) is 4.06. The van der Waals surface area contributed by atoms with Crippen molar-refractivity contribution in [3.8, 4) is 0 Å². The van der Waals surface area contributed by atoms with E-state index in [4.69, 9.17) is 0 Å². The summed E-state index contributed by atoms with van der Waals surface area (Å²) < 4.78 is 33.4. The fourth-order valence-corrected chi connectivity index (χ4v) is 3.82. The van der Waals surface area contributed by atoms with Crippen molar-refractivity contribution in [3.05, 3.63) is 12.7 Å². The molecule has 130 valence electrons. The van der Waals surface area contributed by atoms with E-state index >= 15 is 0 Å². The Kier molecular flexibility index (Phi) is 9.60. The highest BCUT2D eigenvalue weighted by atomic mass is 32.2. The molecule has 22 heavy (non-hydrogen) atoms. The van der Waals surface area contributed by atoms with Crippen molar-refractivity contribution < 1.29 is 17.8 Å². The van der Waals surface area contributed by atoms with Crippen molar-refractivity contribution in [3.63, 3.8) is 0 Å². The fourth-order valence-electron chi connectivity index (χ4n) is 2.59. The van der Waals surface area contributed by atoms with E-state index in [9.17, 15) is 17.8 Å². The average Bonchev–Trinajstić information content (AvgIpc) is 2.43. The van der Waals surface area contributed by atoms with Crippen molar-refractivity contribution in [2.75, 3.05) is 0 Å². The van der Waals surface area contributed by atoms with Crippen LogP contribution >= 0.6 is 0 Å². The van der Waals surface area contributed by atoms with E-state index in [0.717, 1.165) is 25.3 Å². The second-order valence-electron chi connectivity index (χ2n) is 6.08. The first kappa shape index (κ1) is 21.1. The van der Waals surface area contributed by atoms with Crippen LogP contribution in [0.25, 0.3) is 0 Å². The van der Waals surface area contributed by atoms with E-state index in [-0.39, 0.29) is 6.42 Å². The van der Waals surface area contributed by atoms with Gasteiger partial charge in [-0.2, -0.15) is 8.42 Å². The number of hydrogen-bond donors (Lipinski definition) is 2. The monoisotopic (exact) mass is 333 g/mol. The zero-order valence-corrected chi connectivity index (χ0v) is 14.9. The normalized spacial score (nSPS) is 14.6. The minimum absolute atomic E-state index is 0.205. The van der Waals surface area contributed by atoms with Crippen LogP contribution in [0, 0.1) is 5.92 Å². The molecule has 0 radical (unpaired) electrons. The summed E-state index contributed by atoms with van der Waals surface area (Å²) in [7, 11) is -4.41. The summed E-state index contributed by atoms with van der Waals surface area (Å²) >= 11 is 0. The molecule has 0 aliphatic carbocycles. The first-order chi connectivity index (χ1) is 10.2. The number of nitrogens with one attached hydrogen (secondary N) is 1. The molecule has 5 nitrogen and oxygen atoms in total. The number of unbranched alkanes of at least 4 members (excludes halogenated alkanes) is 6. The van der Waals surface area contributed by atoms with Gasteiger partial charge in [-0.3, -0.25) is 9.35 Å². The van der Waals surface area contributed by atoms with Crippen LogP contribution in [0.15, 0.2) is 12.7 Å². The molecule has 0 fully saturated rings. The third-order valence-corrected chi connectivity index (χ3v) is 5.76. The van der Waals surface area contributed by atoms with Gasteiger partial charge in [-0.15, -0.1) is 0 Å². The molecule has 1 amide bonds. The van der Waals surface area contributed by atoms with Crippen LogP contribution in [0.5, 0.6) is 0 Å². The second kappa shape index (κ2) is 10.0. The summed E-state index contributed by atoms with van der Waals surface area (Å²) in [5.74, 6) is -1.03. The lowest BCUT2D eigenvalue weighted by Gasteiger charge is -2.35. The Bertz CT molecular complexity index is 445. The molecule has 0 bridgehead atoms. The van der Waals surface area contributed by atoms with Gasteiger partial charge in [0.25, 0.3) is 10.1 Å². The number of carbonyl (C=O) groups is 1. The largest absolute Gasteiger partial charge is 0.331 e. The van der Waals surface area contributed by atoms with Crippen molar-refractivity contribution in [2.24, 2.45) is 5.92 Å². The van der Waals surface area contributed by atoms with Crippen LogP contribution in [0.2, 0.25) is 0 Å². The first-order valence-electron chi connectivity index (χ1n) is 8.13. The number of carbonyl (C=O) groups excluding carboxylic acids is 1. The highest BCUT2D eigenvalue weighted by Gasteiger charge is 2.46. The van der Waals surface area contributed by atoms with E-state index in [1.165, 1.54) is 19.3 Å². The quantitative estimate of drug-likeness (QED) is 0.324. The summed E-state index contributed by atoms with van der Waals surface area (Å²) in [6.45, 7) is 8.85. The van der Waals surface area contributed by atoms with Crippen LogP contribution < -0.4 is 5.32 Å². The molecule has 0 spiro atoms. The van der Waals surface area contributed by atoms with Crippen LogP contribution in [0.1, 0.15) is 72.1 Å². The fraction of sp³-hybridized carbons (Fsp3) is 0.812. The minimum atomic E-state index is -4.41. The molecular weight excluding hydrogens is 302 g/mol. The summed E-state index contributed by atoms with van der Waals surface area (Å²) in [6.07, 6.45) is 8.52. The highest BCUT2D eigenvalue weighted by molar-refractivity contribution is 7.87. The lowest BCUT2D eigenvalue weighted by Crippen LogP contribution is -2.57. The van der Waals surface area contributed by atoms with Gasteiger partial charge in [0.05, 0.1) is 0 Å². The topological polar surface area (TPSA) is 83.5 Å². The number of amides is 1. The first-order valence-corrected chi connectivity index (χ1v) is 9.57. The Balaban J connectivity index is 4.73. The third kappa shape index (κ3) is 6.48. The molecule has 0 aliphatic heterocycles. The zero-order chi connectivity index (χ0) is 17.2. The van der Waals surface area contributed by atoms with Gasteiger partial charge in [-0.05, 0) is 24.8 Å². The SMILES string of the molecule is C=CC(=O)NC(CCCCCCCCC)(C(C)C)S(=O)(=O)O. The molecule has 0 aromatic heterocycles. The molecule has 0 saturated heterocycles. The summed E-state index contributed by atoms with van der Waals surface area (Å²) in [6, 6.07) is 0. The lowest BCUT2D eigenvalue weighted by atomic mass is 9.96. The summed E-state index contributed by atoms with van der Waals surface area (Å²) in [5, 5.41) is 2.44. The van der Waals surface area contributed by atoms with E-state index in [1.807, 2.05) is 0 Å². The van der Waals surface area contributed by atoms with Crippen LogP contribution in [0.3, 0.4) is 0 Å². The van der Waals surface area contributed by atoms with Crippen molar-refractivity contribution in [1.82, 2.24) is 5.32 Å². The lowest BCUT2D eigenvalue weighted by molar-refractivity contribution is -0.118. The molecule has 1 atom stereocenters.